The second kappa shape index (κ2) is 7.53. The molecule has 0 saturated heterocycles. The molecule has 112 valence electrons. The molecule has 1 fully saturated rings. The maximum atomic E-state index is 6.02. The monoisotopic (exact) mass is 276 g/mol. The normalized spacial score (nSPS) is 17.8. The van der Waals surface area contributed by atoms with Crippen LogP contribution in [-0.4, -0.2) is 26.7 Å². The Balaban J connectivity index is 1.97. The second-order valence-electron chi connectivity index (χ2n) is 5.94. The summed E-state index contributed by atoms with van der Waals surface area (Å²) >= 11 is 0. The number of rotatable bonds is 6. The summed E-state index contributed by atoms with van der Waals surface area (Å²) in [4.78, 5) is 2.33. The molecule has 2 rings (SSSR count). The van der Waals surface area contributed by atoms with Gasteiger partial charge in [0.15, 0.2) is 0 Å². The summed E-state index contributed by atoms with van der Waals surface area (Å²) in [5, 5.41) is 0. The molecule has 1 atom stereocenters. The second-order valence-corrected chi connectivity index (χ2v) is 5.94. The van der Waals surface area contributed by atoms with Gasteiger partial charge in [0.1, 0.15) is 5.75 Å². The van der Waals surface area contributed by atoms with Gasteiger partial charge in [-0.1, -0.05) is 32.1 Å². The molecule has 0 radical (unpaired) electrons. The van der Waals surface area contributed by atoms with Crippen molar-refractivity contribution in [2.75, 3.05) is 25.6 Å². The zero-order chi connectivity index (χ0) is 14.4. The Morgan fingerprint density at radius 2 is 1.85 bits per heavy atom. The van der Waals surface area contributed by atoms with E-state index >= 15 is 0 Å². The summed E-state index contributed by atoms with van der Waals surface area (Å²) in [5.41, 5.74) is 7.24. The summed E-state index contributed by atoms with van der Waals surface area (Å²) < 4.78 is 5.21. The van der Waals surface area contributed by atoms with Gasteiger partial charge in [-0.2, -0.15) is 0 Å². The van der Waals surface area contributed by atoms with E-state index in [1.54, 1.807) is 7.11 Å². The molecule has 0 heterocycles. The van der Waals surface area contributed by atoms with Crippen molar-refractivity contribution < 1.29 is 4.74 Å². The third kappa shape index (κ3) is 3.89. The predicted molar refractivity (Wildman–Crippen MR) is 85.4 cm³/mol. The van der Waals surface area contributed by atoms with Crippen molar-refractivity contribution in [2.45, 2.75) is 44.6 Å². The molecule has 2 N–H and O–H groups in total. The van der Waals surface area contributed by atoms with E-state index in [1.165, 1.54) is 44.2 Å². The molecule has 1 aromatic carbocycles. The molecule has 1 aliphatic carbocycles. The number of ether oxygens (including phenoxy) is 1. The van der Waals surface area contributed by atoms with Crippen LogP contribution in [0.25, 0.3) is 0 Å². The highest BCUT2D eigenvalue weighted by atomic mass is 16.5. The summed E-state index contributed by atoms with van der Waals surface area (Å²) in [7, 11) is 3.85. The Kier molecular flexibility index (Phi) is 5.72. The maximum Gasteiger partial charge on any atom is 0.119 e. The average molecular weight is 276 g/mol. The Bertz CT molecular complexity index is 384. The van der Waals surface area contributed by atoms with Crippen LogP contribution in [0.3, 0.4) is 0 Å². The van der Waals surface area contributed by atoms with Crippen LogP contribution in [0.5, 0.6) is 5.75 Å². The molecule has 0 aromatic heterocycles. The highest BCUT2D eigenvalue weighted by molar-refractivity contribution is 5.49. The molecule has 1 aromatic rings. The number of hydrogen-bond acceptors (Lipinski definition) is 3. The van der Waals surface area contributed by atoms with Crippen molar-refractivity contribution in [3.8, 4) is 5.75 Å². The molecule has 1 unspecified atom stereocenters. The van der Waals surface area contributed by atoms with Gasteiger partial charge in [0.25, 0.3) is 0 Å². The van der Waals surface area contributed by atoms with Crippen molar-refractivity contribution in [1.29, 1.82) is 0 Å². The molecule has 1 saturated carbocycles. The fourth-order valence-corrected chi connectivity index (χ4v) is 3.25. The van der Waals surface area contributed by atoms with Gasteiger partial charge >= 0.3 is 0 Å². The minimum atomic E-state index is 0.437. The lowest BCUT2D eigenvalue weighted by Crippen LogP contribution is -2.39. The van der Waals surface area contributed by atoms with E-state index in [0.29, 0.717) is 6.04 Å². The summed E-state index contributed by atoms with van der Waals surface area (Å²) in [6.07, 6.45) is 8.19. The van der Waals surface area contributed by atoms with Crippen molar-refractivity contribution in [1.82, 2.24) is 0 Å². The lowest BCUT2D eigenvalue weighted by molar-refractivity contribution is 0.316. The smallest absolute Gasteiger partial charge is 0.119 e. The van der Waals surface area contributed by atoms with E-state index in [0.717, 1.165) is 18.2 Å². The van der Waals surface area contributed by atoms with E-state index in [9.17, 15) is 0 Å². The minimum absolute atomic E-state index is 0.437. The SMILES string of the molecule is COc1ccc(N(C)C(CN)CC2CCCCC2)cc1. The Morgan fingerprint density at radius 3 is 2.40 bits per heavy atom. The first-order valence-corrected chi connectivity index (χ1v) is 7.81. The quantitative estimate of drug-likeness (QED) is 0.865. The van der Waals surface area contributed by atoms with Crippen LogP contribution in [0.4, 0.5) is 5.69 Å². The predicted octanol–water partition coefficient (Wildman–Crippen LogP) is 3.43. The summed E-state index contributed by atoms with van der Waals surface area (Å²) in [6, 6.07) is 8.69. The molecule has 0 bridgehead atoms. The van der Waals surface area contributed by atoms with Crippen LogP contribution < -0.4 is 15.4 Å². The lowest BCUT2D eigenvalue weighted by Gasteiger charge is -2.33. The Hall–Kier alpha value is -1.22. The number of anilines is 1. The number of nitrogens with zero attached hydrogens (tertiary/aromatic N) is 1. The fraction of sp³-hybridized carbons (Fsp3) is 0.647. The Labute approximate surface area is 123 Å². The van der Waals surface area contributed by atoms with E-state index in [1.807, 2.05) is 12.1 Å². The van der Waals surface area contributed by atoms with Crippen LogP contribution in [0, 0.1) is 5.92 Å². The van der Waals surface area contributed by atoms with Gasteiger partial charge in [-0.15, -0.1) is 0 Å². The minimum Gasteiger partial charge on any atom is -0.497 e. The van der Waals surface area contributed by atoms with Gasteiger partial charge in [-0.05, 0) is 36.6 Å². The molecule has 1 aliphatic rings. The van der Waals surface area contributed by atoms with E-state index in [2.05, 4.69) is 24.1 Å². The molecule has 3 nitrogen and oxygen atoms in total. The largest absolute Gasteiger partial charge is 0.497 e. The molecule has 0 amide bonds. The van der Waals surface area contributed by atoms with Gasteiger partial charge in [0.05, 0.1) is 7.11 Å². The van der Waals surface area contributed by atoms with Gasteiger partial charge in [-0.25, -0.2) is 0 Å². The highest BCUT2D eigenvalue weighted by Crippen LogP contribution is 2.29. The van der Waals surface area contributed by atoms with E-state index < -0.39 is 0 Å². The van der Waals surface area contributed by atoms with Crippen LogP contribution in [0.1, 0.15) is 38.5 Å². The average Bonchev–Trinajstić information content (AvgIpc) is 2.53. The summed E-state index contributed by atoms with van der Waals surface area (Å²) in [5.74, 6) is 1.76. The zero-order valence-corrected chi connectivity index (χ0v) is 12.8. The molecular weight excluding hydrogens is 248 g/mol. The van der Waals surface area contributed by atoms with E-state index in [-0.39, 0.29) is 0 Å². The van der Waals surface area contributed by atoms with Gasteiger partial charge < -0.3 is 15.4 Å². The fourth-order valence-electron chi connectivity index (χ4n) is 3.25. The molecule has 0 spiro atoms. The first-order chi connectivity index (χ1) is 9.74. The highest BCUT2D eigenvalue weighted by Gasteiger charge is 2.21. The lowest BCUT2D eigenvalue weighted by atomic mass is 9.84. The van der Waals surface area contributed by atoms with Crippen LogP contribution >= 0.6 is 0 Å². The standard InChI is InChI=1S/C17H28N2O/c1-19(15-8-10-17(20-2)11-9-15)16(13-18)12-14-6-4-3-5-7-14/h8-11,14,16H,3-7,12-13,18H2,1-2H3. The van der Waals surface area contributed by atoms with Gasteiger partial charge in [0, 0.05) is 25.3 Å². The van der Waals surface area contributed by atoms with Crippen LogP contribution in [0.2, 0.25) is 0 Å². The third-order valence-corrected chi connectivity index (χ3v) is 4.63. The zero-order valence-electron chi connectivity index (χ0n) is 12.8. The number of likely N-dealkylation sites (N-methyl/N-ethyl adjacent to an activating group) is 1. The van der Waals surface area contributed by atoms with Crippen LogP contribution in [0.15, 0.2) is 24.3 Å². The van der Waals surface area contributed by atoms with Crippen molar-refractivity contribution in [3.05, 3.63) is 24.3 Å². The number of nitrogens with two attached hydrogens (primary N) is 1. The molecule has 3 heteroatoms. The van der Waals surface area contributed by atoms with Gasteiger partial charge in [-0.3, -0.25) is 0 Å². The molecular formula is C17H28N2O. The van der Waals surface area contributed by atoms with E-state index in [4.69, 9.17) is 10.5 Å². The number of hydrogen-bond donors (Lipinski definition) is 1. The first-order valence-electron chi connectivity index (χ1n) is 7.81. The van der Waals surface area contributed by atoms with Crippen molar-refractivity contribution in [2.24, 2.45) is 11.7 Å². The van der Waals surface area contributed by atoms with Crippen molar-refractivity contribution >= 4 is 5.69 Å². The summed E-state index contributed by atoms with van der Waals surface area (Å²) in [6.45, 7) is 0.721. The number of methoxy groups -OCH3 is 1. The third-order valence-electron chi connectivity index (χ3n) is 4.63. The molecule has 0 aliphatic heterocycles. The molecule has 20 heavy (non-hydrogen) atoms. The first kappa shape index (κ1) is 15.2. The maximum absolute atomic E-state index is 6.02. The van der Waals surface area contributed by atoms with Gasteiger partial charge in [0.2, 0.25) is 0 Å². The van der Waals surface area contributed by atoms with Crippen molar-refractivity contribution in [3.63, 3.8) is 0 Å². The number of benzene rings is 1. The topological polar surface area (TPSA) is 38.5 Å². The van der Waals surface area contributed by atoms with Crippen LogP contribution in [-0.2, 0) is 0 Å². The Morgan fingerprint density at radius 1 is 1.20 bits per heavy atom.